The molecule has 68 valence electrons. The van der Waals surface area contributed by atoms with Crippen molar-refractivity contribution in [3.8, 4) is 0 Å². The lowest BCUT2D eigenvalue weighted by molar-refractivity contribution is 0.0323. The second-order valence-corrected chi connectivity index (χ2v) is 5.69. The molecule has 0 unspecified atom stereocenters. The Hall–Kier alpha value is -0.520. The van der Waals surface area contributed by atoms with E-state index in [-0.39, 0.29) is 0 Å². The first kappa shape index (κ1) is 6.86. The van der Waals surface area contributed by atoms with Gasteiger partial charge in [-0.15, -0.1) is 0 Å². The van der Waals surface area contributed by atoms with Crippen LogP contribution in [0, 0.1) is 22.7 Å². The van der Waals surface area contributed by atoms with Gasteiger partial charge < -0.3 is 0 Å². The fraction of sp³-hybridized carbons (Fsp3) is 0.692. The minimum Gasteiger partial charge on any atom is -0.0876 e. The van der Waals surface area contributed by atoms with Crippen LogP contribution in [0.2, 0.25) is 0 Å². The van der Waals surface area contributed by atoms with Crippen molar-refractivity contribution in [2.24, 2.45) is 22.7 Å². The third kappa shape index (κ3) is 0.630. The molecule has 2 saturated carbocycles. The number of hydrogen-bond donors (Lipinski definition) is 0. The summed E-state index contributed by atoms with van der Waals surface area (Å²) in [6.45, 7) is 0. The molecule has 13 heavy (non-hydrogen) atoms. The summed E-state index contributed by atoms with van der Waals surface area (Å²) in [6, 6.07) is 0. The Morgan fingerprint density at radius 3 is 1.85 bits per heavy atom. The summed E-state index contributed by atoms with van der Waals surface area (Å²) in [5.41, 5.74) is 1.28. The van der Waals surface area contributed by atoms with E-state index < -0.39 is 0 Å². The van der Waals surface area contributed by atoms with Crippen LogP contribution in [0.1, 0.15) is 32.1 Å². The van der Waals surface area contributed by atoms with Crippen LogP contribution in [0.3, 0.4) is 0 Å². The monoisotopic (exact) mass is 172 g/mol. The van der Waals surface area contributed by atoms with Gasteiger partial charge in [0.1, 0.15) is 0 Å². The molecule has 4 aliphatic carbocycles. The van der Waals surface area contributed by atoms with Crippen LogP contribution in [-0.4, -0.2) is 0 Å². The van der Waals surface area contributed by atoms with Crippen LogP contribution in [-0.2, 0) is 0 Å². The maximum atomic E-state index is 2.53. The van der Waals surface area contributed by atoms with Crippen molar-refractivity contribution >= 4 is 0 Å². The second-order valence-electron chi connectivity index (χ2n) is 5.69. The van der Waals surface area contributed by atoms with Gasteiger partial charge in [-0.3, -0.25) is 0 Å². The topological polar surface area (TPSA) is 0 Å². The van der Waals surface area contributed by atoms with Crippen molar-refractivity contribution in [3.05, 3.63) is 24.3 Å². The first-order valence-electron chi connectivity index (χ1n) is 5.69. The summed E-state index contributed by atoms with van der Waals surface area (Å²) < 4.78 is 0. The van der Waals surface area contributed by atoms with Crippen molar-refractivity contribution in [1.29, 1.82) is 0 Å². The third-order valence-corrected chi connectivity index (χ3v) is 5.17. The quantitative estimate of drug-likeness (QED) is 0.492. The first-order valence-corrected chi connectivity index (χ1v) is 5.69. The molecule has 0 heteroatoms. The normalized spacial score (nSPS) is 60.3. The van der Waals surface area contributed by atoms with Crippen LogP contribution in [0.15, 0.2) is 24.3 Å². The van der Waals surface area contributed by atoms with Gasteiger partial charge in [0.2, 0.25) is 0 Å². The molecule has 0 nitrogen and oxygen atoms in total. The van der Waals surface area contributed by atoms with E-state index in [1.54, 1.807) is 6.42 Å². The lowest BCUT2D eigenvalue weighted by atomic mass is 9.45. The molecule has 0 saturated heterocycles. The predicted octanol–water partition coefficient (Wildman–Crippen LogP) is 3.31. The molecule has 0 amide bonds. The van der Waals surface area contributed by atoms with Crippen LogP contribution in [0.4, 0.5) is 0 Å². The van der Waals surface area contributed by atoms with Crippen molar-refractivity contribution in [1.82, 2.24) is 0 Å². The molecule has 0 heterocycles. The third-order valence-electron chi connectivity index (χ3n) is 5.17. The van der Waals surface area contributed by atoms with Gasteiger partial charge in [0.15, 0.2) is 0 Å². The van der Waals surface area contributed by atoms with E-state index in [9.17, 15) is 0 Å². The molecule has 0 aromatic heterocycles. The minimum absolute atomic E-state index is 0.638. The van der Waals surface area contributed by atoms with Gasteiger partial charge in [-0.2, -0.15) is 0 Å². The average Bonchev–Trinajstić information content (AvgIpc) is 2.84. The number of rotatable bonds is 0. The van der Waals surface area contributed by atoms with E-state index in [2.05, 4.69) is 24.3 Å². The average molecular weight is 172 g/mol. The zero-order valence-corrected chi connectivity index (χ0v) is 8.00. The van der Waals surface area contributed by atoms with Gasteiger partial charge in [-0.1, -0.05) is 24.3 Å². The molecule has 2 fully saturated rings. The molecular weight excluding hydrogens is 156 g/mol. The van der Waals surface area contributed by atoms with E-state index in [0.717, 1.165) is 11.8 Å². The Bertz CT molecular complexity index is 295. The summed E-state index contributed by atoms with van der Waals surface area (Å²) in [5.74, 6) is 2.23. The molecule has 0 spiro atoms. The molecule has 0 aliphatic heterocycles. The van der Waals surface area contributed by atoms with Crippen molar-refractivity contribution in [2.45, 2.75) is 32.1 Å². The van der Waals surface area contributed by atoms with Crippen LogP contribution in [0.25, 0.3) is 0 Å². The smallest absolute Gasteiger partial charge is 0.00131 e. The lowest BCUT2D eigenvalue weighted by Gasteiger charge is -2.58. The molecule has 0 bridgehead atoms. The Labute approximate surface area is 79.7 Å². The van der Waals surface area contributed by atoms with Gasteiger partial charge in [-0.25, -0.2) is 0 Å². The maximum absolute atomic E-state index is 2.53. The van der Waals surface area contributed by atoms with E-state index in [1.165, 1.54) is 25.7 Å². The molecule has 0 N–H and O–H groups in total. The van der Waals surface area contributed by atoms with E-state index in [1.807, 2.05) is 0 Å². The van der Waals surface area contributed by atoms with E-state index in [4.69, 9.17) is 0 Å². The number of fused-ring (bicyclic) bond motifs is 1. The second kappa shape index (κ2) is 1.80. The highest BCUT2D eigenvalue weighted by molar-refractivity contribution is 5.35. The summed E-state index contributed by atoms with van der Waals surface area (Å²) >= 11 is 0. The lowest BCUT2D eigenvalue weighted by Crippen LogP contribution is -2.49. The predicted molar refractivity (Wildman–Crippen MR) is 53.2 cm³/mol. The van der Waals surface area contributed by atoms with Crippen LogP contribution < -0.4 is 0 Å². The fourth-order valence-corrected chi connectivity index (χ4v) is 4.14. The molecular formula is C13H16. The summed E-state index contributed by atoms with van der Waals surface area (Å²) in [6.07, 6.45) is 17.2. The van der Waals surface area contributed by atoms with Gasteiger partial charge >= 0.3 is 0 Å². The van der Waals surface area contributed by atoms with E-state index >= 15 is 0 Å². The summed E-state index contributed by atoms with van der Waals surface area (Å²) in [7, 11) is 0. The maximum Gasteiger partial charge on any atom is 0.00131 e. The Kier molecular flexibility index (Phi) is 0.949. The molecule has 4 rings (SSSR count). The highest BCUT2D eigenvalue weighted by atomic mass is 14.7. The Morgan fingerprint density at radius 1 is 0.846 bits per heavy atom. The van der Waals surface area contributed by atoms with Gasteiger partial charge in [0.05, 0.1) is 0 Å². The van der Waals surface area contributed by atoms with Crippen LogP contribution >= 0.6 is 0 Å². The number of allylic oxidation sites excluding steroid dienone is 4. The molecule has 0 aromatic carbocycles. The highest BCUT2D eigenvalue weighted by Gasteiger charge is 2.62. The number of hydrogen-bond acceptors (Lipinski definition) is 0. The molecule has 0 radical (unpaired) electrons. The molecule has 0 aromatic rings. The summed E-state index contributed by atoms with van der Waals surface area (Å²) in [5, 5.41) is 0. The standard InChI is InChI=1S/C13H16/c1-2-4-13-6-5-12(13,3-1)8-10-7-11(10)9-13/h1-2,5-6,10-11H,3-4,7-9H2/t10-,11-,12-,13-/m1/s1. The zero-order chi connectivity index (χ0) is 8.52. The minimum atomic E-state index is 0.638. The Morgan fingerprint density at radius 2 is 1.38 bits per heavy atom. The van der Waals surface area contributed by atoms with Gasteiger partial charge in [0.25, 0.3) is 0 Å². The molecule has 4 atom stereocenters. The summed E-state index contributed by atoms with van der Waals surface area (Å²) in [4.78, 5) is 0. The van der Waals surface area contributed by atoms with Gasteiger partial charge in [0, 0.05) is 10.8 Å². The Balaban J connectivity index is 1.83. The largest absolute Gasteiger partial charge is 0.0876 e. The highest BCUT2D eigenvalue weighted by Crippen LogP contribution is 2.72. The van der Waals surface area contributed by atoms with Crippen molar-refractivity contribution in [3.63, 3.8) is 0 Å². The van der Waals surface area contributed by atoms with E-state index in [0.29, 0.717) is 10.8 Å². The zero-order valence-electron chi connectivity index (χ0n) is 8.00. The SMILES string of the molecule is C1=CC[C@]23C=C[C@]2(C1)C[C@H]1C[C@@H]1C3. The van der Waals surface area contributed by atoms with Crippen molar-refractivity contribution in [2.75, 3.05) is 0 Å². The van der Waals surface area contributed by atoms with Gasteiger partial charge in [-0.05, 0) is 43.9 Å². The van der Waals surface area contributed by atoms with Crippen molar-refractivity contribution < 1.29 is 0 Å². The first-order chi connectivity index (χ1) is 6.34. The van der Waals surface area contributed by atoms with Crippen LogP contribution in [0.5, 0.6) is 0 Å². The fourth-order valence-electron chi connectivity index (χ4n) is 4.14. The molecule has 4 aliphatic rings.